The average Bonchev–Trinajstić information content (AvgIpc) is 3.62. The van der Waals surface area contributed by atoms with Crippen LogP contribution in [0.15, 0.2) is 11.6 Å². The molecule has 10 heteroatoms. The number of fused-ring (bicyclic) bond motifs is 2. The first-order valence-electron chi connectivity index (χ1n) is 14.8. The highest BCUT2D eigenvalue weighted by molar-refractivity contribution is 5.98. The maximum Gasteiger partial charge on any atom is 0.311 e. The highest BCUT2D eigenvalue weighted by Crippen LogP contribution is 2.58. The molecule has 10 nitrogen and oxygen atoms in total. The van der Waals surface area contributed by atoms with Crippen LogP contribution in [0.25, 0.3) is 0 Å². The average molecular weight is 579 g/mol. The van der Waals surface area contributed by atoms with Gasteiger partial charge in [-0.25, -0.2) is 0 Å². The summed E-state index contributed by atoms with van der Waals surface area (Å²) in [5.74, 6) is -4.83. The molecule has 0 N–H and O–H groups in total. The maximum absolute atomic E-state index is 14.9. The van der Waals surface area contributed by atoms with E-state index >= 15 is 0 Å². The molecule has 0 radical (unpaired) electrons. The van der Waals surface area contributed by atoms with Crippen molar-refractivity contribution in [1.82, 2.24) is 0 Å². The minimum Gasteiger partial charge on any atom is -0.469 e. The molecule has 1 saturated carbocycles. The summed E-state index contributed by atoms with van der Waals surface area (Å²) < 4.78 is 29.0. The summed E-state index contributed by atoms with van der Waals surface area (Å²) in [5, 5.41) is 0. The Hall–Kier alpha value is -2.75. The largest absolute Gasteiger partial charge is 0.469 e. The minimum absolute atomic E-state index is 0.136. The lowest BCUT2D eigenvalue weighted by atomic mass is 9.53. The minimum atomic E-state index is -1.53. The fourth-order valence-electron chi connectivity index (χ4n) is 6.86. The molecule has 1 aliphatic heterocycles. The molecule has 9 atom stereocenters. The van der Waals surface area contributed by atoms with Crippen molar-refractivity contribution >= 4 is 29.7 Å². The number of ketones is 1. The van der Waals surface area contributed by atoms with Crippen LogP contribution in [0.5, 0.6) is 0 Å². The van der Waals surface area contributed by atoms with Crippen molar-refractivity contribution in [2.45, 2.75) is 123 Å². The number of carbonyl (C=O) groups is 5. The van der Waals surface area contributed by atoms with Crippen molar-refractivity contribution in [2.75, 3.05) is 7.11 Å². The summed E-state index contributed by atoms with van der Waals surface area (Å²) >= 11 is 0. The Morgan fingerprint density at radius 2 is 1.66 bits per heavy atom. The van der Waals surface area contributed by atoms with Gasteiger partial charge in [0, 0.05) is 38.0 Å². The third kappa shape index (κ3) is 6.37. The van der Waals surface area contributed by atoms with Crippen LogP contribution in [0.4, 0.5) is 0 Å². The third-order valence-electron chi connectivity index (χ3n) is 9.18. The van der Waals surface area contributed by atoms with Crippen LogP contribution in [0, 0.1) is 23.2 Å². The molecule has 1 heterocycles. The van der Waals surface area contributed by atoms with Crippen molar-refractivity contribution in [2.24, 2.45) is 23.2 Å². The normalized spacial score (nSPS) is 36.8. The van der Waals surface area contributed by atoms with E-state index in [-0.39, 0.29) is 25.0 Å². The Balaban J connectivity index is 2.24. The zero-order valence-electron chi connectivity index (χ0n) is 25.7. The molecule has 41 heavy (non-hydrogen) atoms. The van der Waals surface area contributed by atoms with E-state index in [1.807, 2.05) is 40.7 Å². The quantitative estimate of drug-likeness (QED) is 0.169. The molecule has 0 aromatic carbocycles. The van der Waals surface area contributed by atoms with Gasteiger partial charge in [0.2, 0.25) is 0 Å². The van der Waals surface area contributed by atoms with Crippen LogP contribution < -0.4 is 0 Å². The SMILES string of the molecule is CCCC(=O)OC1CC(OC(C)=O)[C@@]2(C)C(C(=O)C3(C(C)C(=O)OC)O[C@@H]3/C=C(/C)CC[C@H]2OC(=O)CCC)C1C. The van der Waals surface area contributed by atoms with Crippen molar-refractivity contribution in [1.29, 1.82) is 0 Å². The number of epoxide rings is 1. The maximum atomic E-state index is 14.9. The summed E-state index contributed by atoms with van der Waals surface area (Å²) in [6, 6.07) is 0. The van der Waals surface area contributed by atoms with Crippen LogP contribution in [0.3, 0.4) is 0 Å². The van der Waals surface area contributed by atoms with Crippen molar-refractivity contribution in [3.8, 4) is 0 Å². The smallest absolute Gasteiger partial charge is 0.311 e. The molecule has 2 aliphatic carbocycles. The molecule has 0 spiro atoms. The van der Waals surface area contributed by atoms with Gasteiger partial charge < -0.3 is 23.7 Å². The molecule has 0 aromatic heterocycles. The fourth-order valence-corrected chi connectivity index (χ4v) is 6.86. The Labute approximate surface area is 242 Å². The predicted octanol–water partition coefficient (Wildman–Crippen LogP) is 4.26. The van der Waals surface area contributed by atoms with E-state index < -0.39 is 77.1 Å². The lowest BCUT2D eigenvalue weighted by Crippen LogP contribution is -2.64. The summed E-state index contributed by atoms with van der Waals surface area (Å²) in [6.45, 7) is 12.2. The monoisotopic (exact) mass is 578 g/mol. The second kappa shape index (κ2) is 13.0. The number of hydrogen-bond acceptors (Lipinski definition) is 10. The number of allylic oxidation sites excluding steroid dienone is 1. The summed E-state index contributed by atoms with van der Waals surface area (Å²) in [6.07, 6.45) is 1.32. The molecule has 1 saturated heterocycles. The highest BCUT2D eigenvalue weighted by Gasteiger charge is 2.72. The van der Waals surface area contributed by atoms with E-state index in [0.29, 0.717) is 25.7 Å². The van der Waals surface area contributed by atoms with Crippen LogP contribution in [-0.2, 0) is 47.7 Å². The van der Waals surface area contributed by atoms with Crippen molar-refractivity contribution < 1.29 is 47.7 Å². The third-order valence-corrected chi connectivity index (χ3v) is 9.18. The number of Topliss-reactive ketones (excluding diaryl/α,β-unsaturated/α-hetero) is 1. The van der Waals surface area contributed by atoms with Gasteiger partial charge in [-0.2, -0.15) is 0 Å². The lowest BCUT2D eigenvalue weighted by Gasteiger charge is -2.54. The van der Waals surface area contributed by atoms with E-state index in [2.05, 4.69) is 0 Å². The molecule has 0 amide bonds. The van der Waals surface area contributed by atoms with E-state index in [1.54, 1.807) is 6.92 Å². The Kier molecular flexibility index (Phi) is 10.4. The number of hydrogen-bond donors (Lipinski definition) is 0. The standard InChI is InChI=1S/C31H46O10/c1-9-11-25(33)39-21-16-23(38-20(6)32)30(7)22(40-26(34)12-10-2)14-13-17(3)15-24-31(41-24,19(5)29(36)37-8)28(35)27(30)18(21)4/h15,18-19,21-24,27H,9-14,16H2,1-8H3/b17-15-/t18?,19?,21?,22-,23?,24-,27?,30+,31?/m1/s1. The second-order valence-corrected chi connectivity index (χ2v) is 12.0. The van der Waals surface area contributed by atoms with Gasteiger partial charge in [-0.15, -0.1) is 0 Å². The molecule has 3 aliphatic rings. The number of carbonyl (C=O) groups excluding carboxylic acids is 5. The predicted molar refractivity (Wildman–Crippen MR) is 147 cm³/mol. The molecule has 230 valence electrons. The zero-order chi connectivity index (χ0) is 30.7. The molecular weight excluding hydrogens is 532 g/mol. The molecule has 6 unspecified atom stereocenters. The molecular formula is C31H46O10. The number of esters is 4. The first-order valence-corrected chi connectivity index (χ1v) is 14.8. The molecule has 0 bridgehead atoms. The zero-order valence-corrected chi connectivity index (χ0v) is 25.7. The Morgan fingerprint density at radius 3 is 2.22 bits per heavy atom. The van der Waals surface area contributed by atoms with Crippen molar-refractivity contribution in [3.63, 3.8) is 0 Å². The summed E-state index contributed by atoms with van der Waals surface area (Å²) in [7, 11) is 1.26. The van der Waals surface area contributed by atoms with E-state index in [1.165, 1.54) is 14.0 Å². The molecule has 2 fully saturated rings. The number of rotatable bonds is 9. The number of methoxy groups -OCH3 is 1. The second-order valence-electron chi connectivity index (χ2n) is 12.0. The van der Waals surface area contributed by atoms with Gasteiger partial charge in [0.1, 0.15) is 24.4 Å². The summed E-state index contributed by atoms with van der Waals surface area (Å²) in [5.41, 5.74) is -1.82. The van der Waals surface area contributed by atoms with Gasteiger partial charge in [0.15, 0.2) is 11.4 Å². The first-order chi connectivity index (χ1) is 19.3. The number of ether oxygens (including phenoxy) is 5. The lowest BCUT2D eigenvalue weighted by molar-refractivity contribution is -0.212. The van der Waals surface area contributed by atoms with Crippen LogP contribution in [-0.4, -0.2) is 66.8 Å². The van der Waals surface area contributed by atoms with Crippen molar-refractivity contribution in [3.05, 3.63) is 11.6 Å². The summed E-state index contributed by atoms with van der Waals surface area (Å²) in [4.78, 5) is 65.7. The molecule has 3 rings (SSSR count). The van der Waals surface area contributed by atoms with Crippen LogP contribution in [0.1, 0.15) is 93.4 Å². The fraction of sp³-hybridized carbons (Fsp3) is 0.774. The van der Waals surface area contributed by atoms with Gasteiger partial charge in [0.25, 0.3) is 0 Å². The Bertz CT molecular complexity index is 1070. The van der Waals surface area contributed by atoms with Gasteiger partial charge in [-0.3, -0.25) is 24.0 Å². The molecule has 0 aromatic rings. The van der Waals surface area contributed by atoms with E-state index in [4.69, 9.17) is 23.7 Å². The van der Waals surface area contributed by atoms with E-state index in [0.717, 1.165) is 5.57 Å². The van der Waals surface area contributed by atoms with Gasteiger partial charge in [0.05, 0.1) is 18.4 Å². The highest BCUT2D eigenvalue weighted by atomic mass is 16.6. The van der Waals surface area contributed by atoms with Gasteiger partial charge in [-0.1, -0.05) is 39.3 Å². The Morgan fingerprint density at radius 1 is 1.05 bits per heavy atom. The van der Waals surface area contributed by atoms with Crippen LogP contribution in [0.2, 0.25) is 0 Å². The van der Waals surface area contributed by atoms with Gasteiger partial charge in [-0.05, 0) is 39.5 Å². The first kappa shape index (κ1) is 32.8. The van der Waals surface area contributed by atoms with Crippen LogP contribution >= 0.6 is 0 Å². The van der Waals surface area contributed by atoms with E-state index in [9.17, 15) is 24.0 Å². The topological polar surface area (TPSA) is 135 Å². The van der Waals surface area contributed by atoms with Gasteiger partial charge >= 0.3 is 23.9 Å².